The summed E-state index contributed by atoms with van der Waals surface area (Å²) in [5.74, 6) is -0.447. The average Bonchev–Trinajstić information content (AvgIpc) is 2.23. The summed E-state index contributed by atoms with van der Waals surface area (Å²) in [6.07, 6.45) is 1.74. The van der Waals surface area contributed by atoms with Crippen molar-refractivity contribution in [1.29, 1.82) is 0 Å². The van der Waals surface area contributed by atoms with E-state index in [2.05, 4.69) is 4.89 Å². The van der Waals surface area contributed by atoms with Crippen LogP contribution in [0.4, 0.5) is 4.79 Å². The van der Waals surface area contributed by atoms with Crippen LogP contribution < -0.4 is 0 Å². The summed E-state index contributed by atoms with van der Waals surface area (Å²) in [5.41, 5.74) is 0. The number of esters is 1. The molecule has 0 aromatic carbocycles. The predicted molar refractivity (Wildman–Crippen MR) is 60.7 cm³/mol. The van der Waals surface area contributed by atoms with E-state index in [9.17, 15) is 9.59 Å². The highest BCUT2D eigenvalue weighted by molar-refractivity contribution is 8.12. The number of carbonyl (C=O) groups is 2. The second-order valence-electron chi connectivity index (χ2n) is 3.49. The lowest BCUT2D eigenvalue weighted by Gasteiger charge is -2.19. The summed E-state index contributed by atoms with van der Waals surface area (Å²) in [7, 11) is 0. The fraction of sp³-hybridized carbons (Fsp3) is 0.800. The Morgan fingerprint density at radius 2 is 1.94 bits per heavy atom. The molecule has 5 nitrogen and oxygen atoms in total. The maximum Gasteiger partial charge on any atom is 0.400 e. The molecule has 0 saturated carbocycles. The maximum atomic E-state index is 11.2. The SMILES string of the molecule is CCCC(=O)OC(OOC(=O)SC)C(C)C. The lowest BCUT2D eigenvalue weighted by molar-refractivity contribution is -0.336. The van der Waals surface area contributed by atoms with Crippen LogP contribution in [0.2, 0.25) is 0 Å². The Kier molecular flexibility index (Phi) is 8.01. The molecule has 0 N–H and O–H groups in total. The zero-order valence-electron chi connectivity index (χ0n) is 10.0. The quantitative estimate of drug-likeness (QED) is 0.312. The molecule has 0 bridgehead atoms. The third kappa shape index (κ3) is 6.68. The van der Waals surface area contributed by atoms with Gasteiger partial charge in [-0.15, -0.1) is 4.89 Å². The third-order valence-electron chi connectivity index (χ3n) is 1.62. The minimum absolute atomic E-state index is 0.0875. The van der Waals surface area contributed by atoms with Crippen molar-refractivity contribution in [2.75, 3.05) is 6.26 Å². The summed E-state index contributed by atoms with van der Waals surface area (Å²) < 4.78 is 5.00. The van der Waals surface area contributed by atoms with Gasteiger partial charge >= 0.3 is 11.3 Å². The molecule has 6 heteroatoms. The molecular formula is C10H18O5S. The van der Waals surface area contributed by atoms with Crippen LogP contribution in [-0.2, 0) is 19.3 Å². The van der Waals surface area contributed by atoms with Crippen molar-refractivity contribution < 1.29 is 24.1 Å². The van der Waals surface area contributed by atoms with E-state index in [1.54, 1.807) is 20.1 Å². The van der Waals surface area contributed by atoms with Crippen LogP contribution in [0.25, 0.3) is 0 Å². The number of rotatable bonds is 6. The van der Waals surface area contributed by atoms with E-state index in [0.717, 1.165) is 11.8 Å². The highest BCUT2D eigenvalue weighted by Gasteiger charge is 2.21. The molecule has 0 aromatic rings. The van der Waals surface area contributed by atoms with Gasteiger partial charge in [0.15, 0.2) is 0 Å². The van der Waals surface area contributed by atoms with Crippen LogP contribution in [0.15, 0.2) is 0 Å². The predicted octanol–water partition coefficient (Wildman–Crippen LogP) is 2.74. The van der Waals surface area contributed by atoms with Crippen LogP contribution in [0.3, 0.4) is 0 Å². The number of thioether (sulfide) groups is 1. The minimum Gasteiger partial charge on any atom is -0.431 e. The van der Waals surface area contributed by atoms with Crippen LogP contribution in [0.5, 0.6) is 0 Å². The van der Waals surface area contributed by atoms with Crippen LogP contribution in [0.1, 0.15) is 33.6 Å². The van der Waals surface area contributed by atoms with Crippen LogP contribution in [-0.4, -0.2) is 23.8 Å². The van der Waals surface area contributed by atoms with Crippen molar-refractivity contribution >= 4 is 23.0 Å². The molecule has 0 aliphatic carbocycles. The van der Waals surface area contributed by atoms with Gasteiger partial charge < -0.3 is 4.74 Å². The number of ether oxygens (including phenoxy) is 1. The lowest BCUT2D eigenvalue weighted by Crippen LogP contribution is -2.27. The van der Waals surface area contributed by atoms with Gasteiger partial charge in [0.05, 0.1) is 0 Å². The van der Waals surface area contributed by atoms with Gasteiger partial charge in [-0.05, 0) is 24.4 Å². The van der Waals surface area contributed by atoms with Gasteiger partial charge in [-0.3, -0.25) is 9.68 Å². The Hall–Kier alpha value is -0.750. The monoisotopic (exact) mass is 250 g/mol. The van der Waals surface area contributed by atoms with Crippen molar-refractivity contribution in [1.82, 2.24) is 0 Å². The van der Waals surface area contributed by atoms with E-state index in [4.69, 9.17) is 9.62 Å². The van der Waals surface area contributed by atoms with Crippen molar-refractivity contribution in [2.45, 2.75) is 39.9 Å². The first-order valence-electron chi connectivity index (χ1n) is 5.12. The first kappa shape index (κ1) is 15.2. The third-order valence-corrected chi connectivity index (χ3v) is 2.03. The maximum absolute atomic E-state index is 11.2. The largest absolute Gasteiger partial charge is 0.431 e. The highest BCUT2D eigenvalue weighted by Crippen LogP contribution is 2.12. The molecule has 0 spiro atoms. The molecule has 0 amide bonds. The van der Waals surface area contributed by atoms with Gasteiger partial charge in [0, 0.05) is 12.3 Å². The standard InChI is InChI=1S/C10H18O5S/c1-5-6-8(11)13-9(7(2)3)14-15-10(12)16-4/h7,9H,5-6H2,1-4H3. The molecule has 0 radical (unpaired) electrons. The van der Waals surface area contributed by atoms with E-state index in [1.165, 1.54) is 0 Å². The number of carbonyl (C=O) groups excluding carboxylic acids is 2. The van der Waals surface area contributed by atoms with E-state index in [1.807, 2.05) is 6.92 Å². The minimum atomic E-state index is -0.852. The van der Waals surface area contributed by atoms with Gasteiger partial charge in [-0.25, -0.2) is 4.79 Å². The molecule has 0 rings (SSSR count). The first-order chi connectivity index (χ1) is 7.51. The molecule has 1 unspecified atom stereocenters. The van der Waals surface area contributed by atoms with Gasteiger partial charge in [-0.1, -0.05) is 20.8 Å². The normalized spacial score (nSPS) is 12.3. The zero-order chi connectivity index (χ0) is 12.6. The molecule has 0 saturated heterocycles. The molecular weight excluding hydrogens is 232 g/mol. The molecule has 0 fully saturated rings. The zero-order valence-corrected chi connectivity index (χ0v) is 10.8. The first-order valence-corrected chi connectivity index (χ1v) is 6.34. The van der Waals surface area contributed by atoms with Crippen molar-refractivity contribution in [3.63, 3.8) is 0 Å². The molecule has 1 atom stereocenters. The summed E-state index contributed by atoms with van der Waals surface area (Å²) in [6.45, 7) is 5.48. The Labute approximate surface area is 99.7 Å². The van der Waals surface area contributed by atoms with E-state index in [0.29, 0.717) is 12.8 Å². The molecule has 0 aliphatic heterocycles. The summed E-state index contributed by atoms with van der Waals surface area (Å²) >= 11 is 0.881. The molecule has 94 valence electrons. The van der Waals surface area contributed by atoms with E-state index >= 15 is 0 Å². The van der Waals surface area contributed by atoms with Gasteiger partial charge in [0.1, 0.15) is 0 Å². The molecule has 0 aromatic heterocycles. The number of hydrogen-bond donors (Lipinski definition) is 0. The highest BCUT2D eigenvalue weighted by atomic mass is 32.2. The smallest absolute Gasteiger partial charge is 0.400 e. The van der Waals surface area contributed by atoms with Crippen molar-refractivity contribution in [2.24, 2.45) is 5.92 Å². The van der Waals surface area contributed by atoms with E-state index < -0.39 is 11.6 Å². The Morgan fingerprint density at radius 1 is 1.31 bits per heavy atom. The van der Waals surface area contributed by atoms with Gasteiger partial charge in [0.2, 0.25) is 6.29 Å². The number of hydrogen-bond acceptors (Lipinski definition) is 6. The summed E-state index contributed by atoms with van der Waals surface area (Å²) in [5, 5.41) is -0.572. The van der Waals surface area contributed by atoms with E-state index in [-0.39, 0.29) is 11.9 Å². The summed E-state index contributed by atoms with van der Waals surface area (Å²) in [4.78, 5) is 31.3. The Morgan fingerprint density at radius 3 is 2.38 bits per heavy atom. The molecule has 16 heavy (non-hydrogen) atoms. The second kappa shape index (κ2) is 8.41. The second-order valence-corrected chi connectivity index (χ2v) is 4.23. The average molecular weight is 250 g/mol. The fourth-order valence-corrected chi connectivity index (χ4v) is 0.887. The molecule has 0 heterocycles. The van der Waals surface area contributed by atoms with Crippen LogP contribution >= 0.6 is 11.8 Å². The van der Waals surface area contributed by atoms with Gasteiger partial charge in [0.25, 0.3) is 0 Å². The Balaban J connectivity index is 4.07. The lowest BCUT2D eigenvalue weighted by atomic mass is 10.2. The van der Waals surface area contributed by atoms with Crippen molar-refractivity contribution in [3.8, 4) is 0 Å². The topological polar surface area (TPSA) is 61.8 Å². The fourth-order valence-electron chi connectivity index (χ4n) is 0.780. The Bertz CT molecular complexity index is 229. The molecule has 0 aliphatic rings. The van der Waals surface area contributed by atoms with Crippen molar-refractivity contribution in [3.05, 3.63) is 0 Å². The summed E-state index contributed by atoms with van der Waals surface area (Å²) in [6, 6.07) is 0. The van der Waals surface area contributed by atoms with Crippen LogP contribution in [0, 0.1) is 5.92 Å². The van der Waals surface area contributed by atoms with Gasteiger partial charge in [-0.2, -0.15) is 0 Å².